The summed E-state index contributed by atoms with van der Waals surface area (Å²) >= 11 is 1.33. The minimum absolute atomic E-state index is 0.229. The molecule has 3 aromatic rings. The molecule has 0 radical (unpaired) electrons. The van der Waals surface area contributed by atoms with Crippen molar-refractivity contribution in [2.45, 2.75) is 6.92 Å². The molecule has 0 fully saturated rings. The van der Waals surface area contributed by atoms with E-state index in [1.165, 1.54) is 11.3 Å². The van der Waals surface area contributed by atoms with Crippen molar-refractivity contribution in [1.82, 2.24) is 15.2 Å². The molecular weight excluding hydrogens is 262 g/mol. The van der Waals surface area contributed by atoms with Crippen molar-refractivity contribution in [1.29, 1.82) is 0 Å². The fourth-order valence-electron chi connectivity index (χ4n) is 1.84. The van der Waals surface area contributed by atoms with E-state index >= 15 is 0 Å². The zero-order chi connectivity index (χ0) is 13.4. The van der Waals surface area contributed by atoms with Crippen molar-refractivity contribution >= 4 is 39.0 Å². The molecule has 7 heteroatoms. The molecule has 3 rings (SSSR count). The smallest absolute Gasteiger partial charge is 0.259 e. The first-order chi connectivity index (χ1) is 9.13. The number of rotatable bonds is 2. The molecule has 0 unspecified atom stereocenters. The van der Waals surface area contributed by atoms with Crippen LogP contribution in [0.4, 0.5) is 10.8 Å². The van der Waals surface area contributed by atoms with Gasteiger partial charge >= 0.3 is 0 Å². The van der Waals surface area contributed by atoms with E-state index < -0.39 is 0 Å². The summed E-state index contributed by atoms with van der Waals surface area (Å²) in [7, 11) is 0. The third-order valence-electron chi connectivity index (χ3n) is 2.70. The molecule has 6 nitrogen and oxygen atoms in total. The second-order valence-electron chi connectivity index (χ2n) is 4.09. The molecule has 0 saturated carbocycles. The van der Waals surface area contributed by atoms with E-state index in [0.29, 0.717) is 16.4 Å². The average Bonchev–Trinajstić information content (AvgIpc) is 2.95. The molecule has 0 spiro atoms. The van der Waals surface area contributed by atoms with Gasteiger partial charge in [-0.2, -0.15) is 0 Å². The Labute approximate surface area is 112 Å². The third kappa shape index (κ3) is 2.15. The zero-order valence-corrected chi connectivity index (χ0v) is 10.9. The topological polar surface area (TPSA) is 96.7 Å². The Morgan fingerprint density at radius 1 is 1.42 bits per heavy atom. The zero-order valence-electron chi connectivity index (χ0n) is 10.1. The van der Waals surface area contributed by atoms with Crippen molar-refractivity contribution in [3.05, 3.63) is 35.0 Å². The van der Waals surface area contributed by atoms with Crippen LogP contribution in [0.5, 0.6) is 0 Å². The van der Waals surface area contributed by atoms with E-state index in [1.807, 2.05) is 13.0 Å². The predicted molar refractivity (Wildman–Crippen MR) is 75.3 cm³/mol. The van der Waals surface area contributed by atoms with E-state index in [-0.39, 0.29) is 5.91 Å². The lowest BCUT2D eigenvalue weighted by Crippen LogP contribution is -2.11. The largest absolute Gasteiger partial charge is 0.399 e. The summed E-state index contributed by atoms with van der Waals surface area (Å²) in [6.07, 6.45) is 1.66. The highest BCUT2D eigenvalue weighted by atomic mass is 32.1. The predicted octanol–water partition coefficient (Wildman–Crippen LogP) is 2.16. The number of benzene rings is 1. The van der Waals surface area contributed by atoms with Crippen LogP contribution in [-0.4, -0.2) is 21.1 Å². The van der Waals surface area contributed by atoms with Gasteiger partial charge in [0, 0.05) is 22.8 Å². The molecule has 96 valence electrons. The molecule has 0 aliphatic rings. The van der Waals surface area contributed by atoms with E-state index in [9.17, 15) is 4.79 Å². The van der Waals surface area contributed by atoms with Crippen LogP contribution in [0.2, 0.25) is 0 Å². The number of nitrogens with zero attached hydrogens (tertiary/aromatic N) is 2. The fourth-order valence-corrected chi connectivity index (χ4v) is 2.42. The second kappa shape index (κ2) is 4.36. The molecule has 1 aromatic carbocycles. The standard InChI is InChI=1S/C12H11N5OS/c1-6-16-17-12(19-6)15-11(18)9-5-14-10-3-2-7(13)4-8(9)10/h2-5,14H,13H2,1H3,(H,15,17,18). The number of aromatic nitrogens is 3. The van der Waals surface area contributed by atoms with Crippen LogP contribution in [0.25, 0.3) is 10.9 Å². The number of anilines is 2. The molecule has 0 aliphatic carbocycles. The minimum atomic E-state index is -0.229. The van der Waals surface area contributed by atoms with Crippen molar-refractivity contribution in [2.24, 2.45) is 0 Å². The van der Waals surface area contributed by atoms with Gasteiger partial charge in [0.1, 0.15) is 5.01 Å². The van der Waals surface area contributed by atoms with Crippen LogP contribution in [-0.2, 0) is 0 Å². The van der Waals surface area contributed by atoms with Crippen LogP contribution >= 0.6 is 11.3 Å². The molecular formula is C12H11N5OS. The quantitative estimate of drug-likeness (QED) is 0.623. The Bertz CT molecular complexity index is 760. The van der Waals surface area contributed by atoms with E-state index in [1.54, 1.807) is 18.3 Å². The van der Waals surface area contributed by atoms with Gasteiger partial charge in [-0.1, -0.05) is 11.3 Å². The summed E-state index contributed by atoms with van der Waals surface area (Å²) in [5.74, 6) is -0.229. The molecule has 4 N–H and O–H groups in total. The molecule has 2 heterocycles. The maximum absolute atomic E-state index is 12.2. The Balaban J connectivity index is 1.95. The fraction of sp³-hybridized carbons (Fsp3) is 0.0833. The summed E-state index contributed by atoms with van der Waals surface area (Å²) in [6, 6.07) is 5.40. The third-order valence-corrected chi connectivity index (χ3v) is 3.45. The Morgan fingerprint density at radius 3 is 3.00 bits per heavy atom. The Morgan fingerprint density at radius 2 is 2.26 bits per heavy atom. The highest BCUT2D eigenvalue weighted by Gasteiger charge is 2.14. The number of amides is 1. The number of nitrogen functional groups attached to an aromatic ring is 1. The lowest BCUT2D eigenvalue weighted by Gasteiger charge is -2.00. The van der Waals surface area contributed by atoms with Gasteiger partial charge in [-0.15, -0.1) is 10.2 Å². The van der Waals surface area contributed by atoms with Crippen LogP contribution in [0.1, 0.15) is 15.4 Å². The van der Waals surface area contributed by atoms with Gasteiger partial charge in [0.15, 0.2) is 0 Å². The van der Waals surface area contributed by atoms with Crippen LogP contribution < -0.4 is 11.1 Å². The SMILES string of the molecule is Cc1nnc(NC(=O)c2c[nH]c3ccc(N)cc23)s1. The number of aryl methyl sites for hydroxylation is 1. The maximum Gasteiger partial charge on any atom is 0.259 e. The normalized spacial score (nSPS) is 10.8. The first kappa shape index (κ1) is 11.7. The molecule has 0 bridgehead atoms. The van der Waals surface area contributed by atoms with E-state index in [4.69, 9.17) is 5.73 Å². The number of hydrogen-bond acceptors (Lipinski definition) is 5. The number of nitrogens with one attached hydrogen (secondary N) is 2. The summed E-state index contributed by atoms with van der Waals surface area (Å²) in [5.41, 5.74) is 7.77. The van der Waals surface area contributed by atoms with Gasteiger partial charge in [0.05, 0.1) is 5.56 Å². The Kier molecular flexibility index (Phi) is 2.68. The summed E-state index contributed by atoms with van der Waals surface area (Å²) < 4.78 is 0. The molecule has 0 saturated heterocycles. The Hall–Kier alpha value is -2.41. The van der Waals surface area contributed by atoms with Gasteiger partial charge in [-0.3, -0.25) is 10.1 Å². The summed E-state index contributed by atoms with van der Waals surface area (Å²) in [5, 5.41) is 12.5. The molecule has 1 amide bonds. The number of carbonyl (C=O) groups is 1. The number of hydrogen-bond donors (Lipinski definition) is 3. The van der Waals surface area contributed by atoms with Crippen molar-refractivity contribution < 1.29 is 4.79 Å². The van der Waals surface area contributed by atoms with E-state index in [0.717, 1.165) is 15.9 Å². The summed E-state index contributed by atoms with van der Waals surface area (Å²) in [4.78, 5) is 15.2. The number of fused-ring (bicyclic) bond motifs is 1. The highest BCUT2D eigenvalue weighted by Crippen LogP contribution is 2.22. The van der Waals surface area contributed by atoms with Crippen molar-refractivity contribution in [3.8, 4) is 0 Å². The molecule has 2 aromatic heterocycles. The molecule has 0 atom stereocenters. The number of carbonyl (C=O) groups excluding carboxylic acids is 1. The average molecular weight is 273 g/mol. The molecule has 19 heavy (non-hydrogen) atoms. The van der Waals surface area contributed by atoms with Gasteiger partial charge in [0.25, 0.3) is 5.91 Å². The second-order valence-corrected chi connectivity index (χ2v) is 5.27. The highest BCUT2D eigenvalue weighted by molar-refractivity contribution is 7.15. The number of nitrogens with two attached hydrogens (primary N) is 1. The van der Waals surface area contributed by atoms with Gasteiger partial charge < -0.3 is 10.7 Å². The van der Waals surface area contributed by atoms with E-state index in [2.05, 4.69) is 20.5 Å². The monoisotopic (exact) mass is 273 g/mol. The van der Waals surface area contributed by atoms with Crippen LogP contribution in [0.3, 0.4) is 0 Å². The van der Waals surface area contributed by atoms with Gasteiger partial charge in [-0.25, -0.2) is 0 Å². The lowest BCUT2D eigenvalue weighted by molar-refractivity contribution is 0.102. The first-order valence-electron chi connectivity index (χ1n) is 5.61. The van der Waals surface area contributed by atoms with Crippen LogP contribution in [0, 0.1) is 6.92 Å². The first-order valence-corrected chi connectivity index (χ1v) is 6.43. The van der Waals surface area contributed by atoms with Crippen LogP contribution in [0.15, 0.2) is 24.4 Å². The molecule has 0 aliphatic heterocycles. The minimum Gasteiger partial charge on any atom is -0.399 e. The number of aromatic amines is 1. The number of H-pyrrole nitrogens is 1. The summed E-state index contributed by atoms with van der Waals surface area (Å²) in [6.45, 7) is 1.83. The van der Waals surface area contributed by atoms with Crippen molar-refractivity contribution in [3.63, 3.8) is 0 Å². The van der Waals surface area contributed by atoms with Gasteiger partial charge in [0.2, 0.25) is 5.13 Å². The maximum atomic E-state index is 12.2. The lowest BCUT2D eigenvalue weighted by atomic mass is 10.1. The van der Waals surface area contributed by atoms with Crippen molar-refractivity contribution in [2.75, 3.05) is 11.1 Å². The van der Waals surface area contributed by atoms with Gasteiger partial charge in [-0.05, 0) is 25.1 Å².